The van der Waals surface area contributed by atoms with Gasteiger partial charge in [-0.1, -0.05) is 92.7 Å². The van der Waals surface area contributed by atoms with E-state index in [-0.39, 0.29) is 61.3 Å². The normalized spacial score (nSPS) is 22.2. The molecule has 2 aliphatic carbocycles. The Hall–Kier alpha value is -4.70. The largest absolute Gasteiger partial charge is 0.448 e. The molecule has 10 heteroatoms. The van der Waals surface area contributed by atoms with Gasteiger partial charge in [0.2, 0.25) is 17.7 Å². The predicted octanol–water partition coefficient (Wildman–Crippen LogP) is 4.58. The van der Waals surface area contributed by atoms with Crippen LogP contribution in [0.3, 0.4) is 0 Å². The summed E-state index contributed by atoms with van der Waals surface area (Å²) in [5, 5.41) is 5.61. The third-order valence-corrected chi connectivity index (χ3v) is 11.3. The molecule has 4 atom stereocenters. The Labute approximate surface area is 293 Å². The van der Waals surface area contributed by atoms with Gasteiger partial charge in [0.1, 0.15) is 12.6 Å². The number of fused-ring (bicyclic) bond motifs is 3. The smallest absolute Gasteiger partial charge is 0.409 e. The second-order valence-electron chi connectivity index (χ2n) is 15.1. The first-order chi connectivity index (χ1) is 24.0. The van der Waals surface area contributed by atoms with Crippen LogP contribution in [0.2, 0.25) is 0 Å². The SMILES string of the molecule is CNC(=O)[C@@H](NC(=O)[C@H]1CN(C(=O)OCC2c3ccccc3-c3ccccc32)CC12CN(C(=O)[C@H]1CC1(C)C)C2)[C@@H](C)OCc1ccccc1. The Kier molecular flexibility index (Phi) is 8.92. The van der Waals surface area contributed by atoms with Gasteiger partial charge in [0.15, 0.2) is 0 Å². The topological polar surface area (TPSA) is 117 Å². The maximum Gasteiger partial charge on any atom is 0.409 e. The highest BCUT2D eigenvalue weighted by molar-refractivity contribution is 5.90. The molecule has 3 aromatic rings. The summed E-state index contributed by atoms with van der Waals surface area (Å²) in [4.78, 5) is 57.7. The van der Waals surface area contributed by atoms with E-state index in [0.29, 0.717) is 13.1 Å². The standard InChI is InChI=1S/C40H46N4O6/c1-25(49-20-26-12-6-5-7-13-26)34(36(46)41-4)42-35(45)33-19-43(22-40(33)23-44(24-40)37(47)32-18-39(32,2)3)38(48)50-21-31-29-16-10-8-14-27(29)28-15-9-11-17-30(28)31/h5-17,25,31-34H,18-24H2,1-4H3,(H,41,46)(H,42,45)/t25-,32-,33-,34+/m1/s1. The lowest BCUT2D eigenvalue weighted by atomic mass is 9.70. The van der Waals surface area contributed by atoms with Crippen LogP contribution in [0, 0.1) is 22.7 Å². The minimum absolute atomic E-state index is 0.0176. The van der Waals surface area contributed by atoms with Gasteiger partial charge in [-0.25, -0.2) is 4.79 Å². The predicted molar refractivity (Wildman–Crippen MR) is 188 cm³/mol. The van der Waals surface area contributed by atoms with E-state index in [0.717, 1.165) is 34.2 Å². The summed E-state index contributed by atoms with van der Waals surface area (Å²) in [5.41, 5.74) is 4.82. The lowest BCUT2D eigenvalue weighted by molar-refractivity contribution is -0.152. The molecule has 2 N–H and O–H groups in total. The van der Waals surface area contributed by atoms with E-state index in [1.807, 2.05) is 59.5 Å². The van der Waals surface area contributed by atoms with Crippen molar-refractivity contribution in [3.05, 3.63) is 95.6 Å². The fourth-order valence-corrected chi connectivity index (χ4v) is 8.16. The van der Waals surface area contributed by atoms with Crippen LogP contribution in [0.5, 0.6) is 0 Å². The van der Waals surface area contributed by atoms with Gasteiger partial charge in [-0.2, -0.15) is 0 Å². The first kappa shape index (κ1) is 33.8. The number of hydrogen-bond donors (Lipinski definition) is 2. The molecule has 10 nitrogen and oxygen atoms in total. The van der Waals surface area contributed by atoms with Gasteiger partial charge < -0.3 is 29.9 Å². The van der Waals surface area contributed by atoms with Crippen LogP contribution in [-0.2, 0) is 30.5 Å². The molecule has 3 fully saturated rings. The van der Waals surface area contributed by atoms with E-state index in [9.17, 15) is 19.2 Å². The van der Waals surface area contributed by atoms with Crippen LogP contribution < -0.4 is 10.6 Å². The van der Waals surface area contributed by atoms with E-state index in [1.165, 1.54) is 7.05 Å². The summed E-state index contributed by atoms with van der Waals surface area (Å²) in [7, 11) is 1.52. The number of carbonyl (C=O) groups is 4. The molecular formula is C40H46N4O6. The molecule has 4 amide bonds. The molecule has 2 heterocycles. The van der Waals surface area contributed by atoms with Crippen LogP contribution in [-0.4, -0.2) is 85.6 Å². The number of likely N-dealkylation sites (tertiary alicyclic amines) is 2. The van der Waals surface area contributed by atoms with Crippen molar-refractivity contribution in [3.63, 3.8) is 0 Å². The van der Waals surface area contributed by atoms with Crippen LogP contribution in [0.25, 0.3) is 11.1 Å². The highest BCUT2D eigenvalue weighted by atomic mass is 16.6. The summed E-state index contributed by atoms with van der Waals surface area (Å²) < 4.78 is 12.1. The molecule has 50 heavy (non-hydrogen) atoms. The van der Waals surface area contributed by atoms with Crippen LogP contribution in [0.1, 0.15) is 49.8 Å². The molecule has 2 aliphatic heterocycles. The van der Waals surface area contributed by atoms with E-state index >= 15 is 0 Å². The summed E-state index contributed by atoms with van der Waals surface area (Å²) in [5.74, 6) is -1.38. The molecule has 0 unspecified atom stereocenters. The molecule has 4 aliphatic rings. The minimum atomic E-state index is -0.957. The second-order valence-corrected chi connectivity index (χ2v) is 15.1. The van der Waals surface area contributed by atoms with Crippen molar-refractivity contribution >= 4 is 23.8 Å². The first-order valence-electron chi connectivity index (χ1n) is 17.6. The maximum atomic E-state index is 14.2. The summed E-state index contributed by atoms with van der Waals surface area (Å²) >= 11 is 0. The molecule has 0 bridgehead atoms. The molecule has 2 saturated heterocycles. The molecule has 1 spiro atoms. The summed E-state index contributed by atoms with van der Waals surface area (Å²) in [6, 6.07) is 25.0. The van der Waals surface area contributed by atoms with E-state index in [4.69, 9.17) is 9.47 Å². The van der Waals surface area contributed by atoms with Crippen molar-refractivity contribution in [3.8, 4) is 11.1 Å². The van der Waals surface area contributed by atoms with E-state index in [1.54, 1.807) is 11.8 Å². The monoisotopic (exact) mass is 678 g/mol. The molecule has 262 valence electrons. The van der Waals surface area contributed by atoms with Crippen molar-refractivity contribution < 1.29 is 28.7 Å². The molecule has 1 saturated carbocycles. The Morgan fingerprint density at radius 2 is 1.42 bits per heavy atom. The summed E-state index contributed by atoms with van der Waals surface area (Å²) in [6.07, 6.45) is -0.275. The number of nitrogens with one attached hydrogen (secondary N) is 2. The lowest BCUT2D eigenvalue weighted by Gasteiger charge is -2.50. The van der Waals surface area contributed by atoms with Crippen molar-refractivity contribution in [2.24, 2.45) is 22.7 Å². The third kappa shape index (κ3) is 6.25. The fraction of sp³-hybridized carbons (Fsp3) is 0.450. The van der Waals surface area contributed by atoms with Gasteiger partial charge in [0.05, 0.1) is 18.6 Å². The average molecular weight is 679 g/mol. The number of amides is 4. The Morgan fingerprint density at radius 1 is 0.840 bits per heavy atom. The maximum absolute atomic E-state index is 14.2. The number of ether oxygens (including phenoxy) is 2. The van der Waals surface area contributed by atoms with Gasteiger partial charge in [0, 0.05) is 50.5 Å². The van der Waals surface area contributed by atoms with Gasteiger partial charge in [-0.05, 0) is 46.6 Å². The van der Waals surface area contributed by atoms with Gasteiger partial charge in [0.25, 0.3) is 0 Å². The Balaban J connectivity index is 1.06. The van der Waals surface area contributed by atoms with E-state index in [2.05, 4.69) is 48.7 Å². The lowest BCUT2D eigenvalue weighted by Crippen LogP contribution is -2.65. The van der Waals surface area contributed by atoms with Gasteiger partial charge >= 0.3 is 6.09 Å². The quantitative estimate of drug-likeness (QED) is 0.325. The zero-order chi connectivity index (χ0) is 35.2. The highest BCUT2D eigenvalue weighted by Gasteiger charge is 2.62. The van der Waals surface area contributed by atoms with E-state index < -0.39 is 29.6 Å². The fourth-order valence-electron chi connectivity index (χ4n) is 8.16. The zero-order valence-corrected chi connectivity index (χ0v) is 29.2. The molecule has 3 aromatic carbocycles. The van der Waals surface area contributed by atoms with Crippen molar-refractivity contribution in [2.75, 3.05) is 39.8 Å². The molecular weight excluding hydrogens is 632 g/mol. The number of hydrogen-bond acceptors (Lipinski definition) is 6. The second kappa shape index (κ2) is 13.2. The number of nitrogens with zero attached hydrogens (tertiary/aromatic N) is 2. The Morgan fingerprint density at radius 3 is 2.02 bits per heavy atom. The highest BCUT2D eigenvalue weighted by Crippen LogP contribution is 2.55. The Bertz CT molecular complexity index is 1740. The molecule has 0 radical (unpaired) electrons. The first-order valence-corrected chi connectivity index (χ1v) is 17.6. The van der Waals surface area contributed by atoms with Gasteiger partial charge in [-0.15, -0.1) is 0 Å². The van der Waals surface area contributed by atoms with Crippen molar-refractivity contribution in [1.82, 2.24) is 20.4 Å². The molecule has 0 aromatic heterocycles. The van der Waals surface area contributed by atoms with Gasteiger partial charge in [-0.3, -0.25) is 14.4 Å². The average Bonchev–Trinajstić information content (AvgIpc) is 3.43. The number of benzene rings is 3. The third-order valence-electron chi connectivity index (χ3n) is 11.3. The van der Waals surface area contributed by atoms with Crippen LogP contribution >= 0.6 is 0 Å². The summed E-state index contributed by atoms with van der Waals surface area (Å²) in [6.45, 7) is 7.54. The number of rotatable bonds is 10. The van der Waals surface area contributed by atoms with Crippen LogP contribution in [0.15, 0.2) is 78.9 Å². The number of likely N-dealkylation sites (N-methyl/N-ethyl adjacent to an activating group) is 1. The van der Waals surface area contributed by atoms with Crippen molar-refractivity contribution in [2.45, 2.75) is 51.9 Å². The zero-order valence-electron chi connectivity index (χ0n) is 29.2. The van der Waals surface area contributed by atoms with Crippen LogP contribution in [0.4, 0.5) is 4.79 Å². The minimum Gasteiger partial charge on any atom is -0.448 e. The molecule has 7 rings (SSSR count). The van der Waals surface area contributed by atoms with Crippen molar-refractivity contribution in [1.29, 1.82) is 0 Å². The number of carbonyl (C=O) groups excluding carboxylic acids is 4.